The highest BCUT2D eigenvalue weighted by Crippen LogP contribution is 2.23. The van der Waals surface area contributed by atoms with E-state index >= 15 is 0 Å². The van der Waals surface area contributed by atoms with Gasteiger partial charge in [0.25, 0.3) is 6.01 Å². The van der Waals surface area contributed by atoms with Gasteiger partial charge in [-0.15, -0.1) is 0 Å². The molecule has 3 N–H and O–H groups in total. The van der Waals surface area contributed by atoms with E-state index in [1.165, 1.54) is 0 Å². The van der Waals surface area contributed by atoms with Crippen LogP contribution in [0.4, 0.5) is 11.7 Å². The van der Waals surface area contributed by atoms with Gasteiger partial charge in [0.2, 0.25) is 0 Å². The van der Waals surface area contributed by atoms with Crippen LogP contribution in [0.15, 0.2) is 46.9 Å². The van der Waals surface area contributed by atoms with Crippen LogP contribution in [-0.2, 0) is 6.54 Å². The number of anilines is 2. The van der Waals surface area contributed by atoms with Crippen LogP contribution in [0.25, 0.3) is 11.1 Å². The van der Waals surface area contributed by atoms with Gasteiger partial charge in [-0.1, -0.05) is 18.2 Å². The highest BCUT2D eigenvalue weighted by molar-refractivity contribution is 5.86. The van der Waals surface area contributed by atoms with E-state index in [1.807, 2.05) is 30.3 Å². The van der Waals surface area contributed by atoms with E-state index in [-0.39, 0.29) is 0 Å². The monoisotopic (exact) mass is 264 g/mol. The third kappa shape index (κ3) is 2.27. The van der Waals surface area contributed by atoms with Crippen LogP contribution in [0.2, 0.25) is 0 Å². The van der Waals surface area contributed by atoms with Gasteiger partial charge in [0.1, 0.15) is 5.52 Å². The van der Waals surface area contributed by atoms with Crippen LogP contribution >= 0.6 is 0 Å². The average Bonchev–Trinajstić information content (AvgIpc) is 2.90. The van der Waals surface area contributed by atoms with Crippen molar-refractivity contribution in [3.63, 3.8) is 0 Å². The minimum atomic E-state index is 0.417. The Labute approximate surface area is 115 Å². The van der Waals surface area contributed by atoms with Crippen LogP contribution in [0, 0.1) is 11.3 Å². The van der Waals surface area contributed by atoms with Gasteiger partial charge in [-0.3, -0.25) is 0 Å². The molecule has 0 radical (unpaired) electrons. The van der Waals surface area contributed by atoms with Crippen molar-refractivity contribution in [3.05, 3.63) is 53.6 Å². The van der Waals surface area contributed by atoms with Gasteiger partial charge in [-0.05, 0) is 29.8 Å². The molecule has 0 aliphatic rings. The summed E-state index contributed by atoms with van der Waals surface area (Å²) in [5.41, 5.74) is 9.34. The molecule has 0 spiro atoms. The van der Waals surface area contributed by atoms with Crippen LogP contribution < -0.4 is 11.1 Å². The molecule has 2 aromatic carbocycles. The van der Waals surface area contributed by atoms with Crippen molar-refractivity contribution in [1.29, 1.82) is 5.26 Å². The SMILES string of the molecule is N#Cc1cccc(CNc2nc3c(N)cccc3o2)c1. The molecule has 0 aliphatic carbocycles. The molecule has 0 fully saturated rings. The zero-order valence-corrected chi connectivity index (χ0v) is 10.6. The van der Waals surface area contributed by atoms with Gasteiger partial charge in [0, 0.05) is 6.54 Å². The molecule has 20 heavy (non-hydrogen) atoms. The molecule has 0 atom stereocenters. The molecule has 3 rings (SSSR count). The summed E-state index contributed by atoms with van der Waals surface area (Å²) in [4.78, 5) is 4.30. The molecule has 0 saturated heterocycles. The van der Waals surface area contributed by atoms with E-state index < -0.39 is 0 Å². The van der Waals surface area contributed by atoms with E-state index in [1.54, 1.807) is 12.1 Å². The first-order valence-electron chi connectivity index (χ1n) is 6.14. The number of aromatic nitrogens is 1. The Morgan fingerprint density at radius 2 is 2.10 bits per heavy atom. The van der Waals surface area contributed by atoms with Gasteiger partial charge < -0.3 is 15.5 Å². The van der Waals surface area contributed by atoms with Crippen LogP contribution in [0.3, 0.4) is 0 Å². The summed E-state index contributed by atoms with van der Waals surface area (Å²) < 4.78 is 5.56. The predicted molar refractivity (Wildman–Crippen MR) is 76.9 cm³/mol. The summed E-state index contributed by atoms with van der Waals surface area (Å²) in [5, 5.41) is 11.9. The zero-order chi connectivity index (χ0) is 13.9. The molecule has 0 bridgehead atoms. The first kappa shape index (κ1) is 12.1. The number of nitriles is 1. The number of oxazole rings is 1. The Kier molecular flexibility index (Phi) is 2.98. The molecule has 1 aromatic heterocycles. The highest BCUT2D eigenvalue weighted by Gasteiger charge is 2.07. The molecule has 0 unspecified atom stereocenters. The number of fused-ring (bicyclic) bond motifs is 1. The number of nitrogens with two attached hydrogens (primary N) is 1. The lowest BCUT2D eigenvalue weighted by Crippen LogP contribution is -1.99. The zero-order valence-electron chi connectivity index (χ0n) is 10.6. The molecule has 5 nitrogen and oxygen atoms in total. The maximum atomic E-state index is 8.86. The summed E-state index contributed by atoms with van der Waals surface area (Å²) in [5.74, 6) is 0. The summed E-state index contributed by atoms with van der Waals surface area (Å²) in [7, 11) is 0. The number of para-hydroxylation sites is 1. The Morgan fingerprint density at radius 3 is 2.90 bits per heavy atom. The van der Waals surface area contributed by atoms with Crippen molar-refractivity contribution in [3.8, 4) is 6.07 Å². The van der Waals surface area contributed by atoms with Crippen molar-refractivity contribution < 1.29 is 4.42 Å². The number of benzene rings is 2. The third-order valence-corrected chi connectivity index (χ3v) is 2.95. The summed E-state index contributed by atoms with van der Waals surface area (Å²) in [6.07, 6.45) is 0. The molecule has 0 saturated carbocycles. The van der Waals surface area contributed by atoms with Gasteiger partial charge in [0.15, 0.2) is 5.58 Å². The van der Waals surface area contributed by atoms with Crippen molar-refractivity contribution in [2.45, 2.75) is 6.54 Å². The summed E-state index contributed by atoms with van der Waals surface area (Å²) >= 11 is 0. The van der Waals surface area contributed by atoms with Crippen molar-refractivity contribution >= 4 is 22.8 Å². The van der Waals surface area contributed by atoms with Gasteiger partial charge >= 0.3 is 0 Å². The number of nitrogens with zero attached hydrogens (tertiary/aromatic N) is 2. The summed E-state index contributed by atoms with van der Waals surface area (Å²) in [6.45, 7) is 0.530. The van der Waals surface area contributed by atoms with Crippen LogP contribution in [0.1, 0.15) is 11.1 Å². The van der Waals surface area contributed by atoms with E-state index in [4.69, 9.17) is 15.4 Å². The van der Waals surface area contributed by atoms with Gasteiger partial charge in [-0.2, -0.15) is 10.2 Å². The normalized spacial score (nSPS) is 10.3. The molecule has 3 aromatic rings. The maximum Gasteiger partial charge on any atom is 0.296 e. The van der Waals surface area contributed by atoms with Crippen molar-refractivity contribution in [1.82, 2.24) is 4.98 Å². The van der Waals surface area contributed by atoms with E-state index in [0.717, 1.165) is 5.56 Å². The quantitative estimate of drug-likeness (QED) is 0.710. The smallest absolute Gasteiger partial charge is 0.296 e. The van der Waals surface area contributed by atoms with Crippen LogP contribution in [-0.4, -0.2) is 4.98 Å². The lowest BCUT2D eigenvalue weighted by molar-refractivity contribution is 0.614. The van der Waals surface area contributed by atoms with Gasteiger partial charge in [-0.25, -0.2) is 0 Å². The lowest BCUT2D eigenvalue weighted by atomic mass is 10.1. The second kappa shape index (κ2) is 4.94. The topological polar surface area (TPSA) is 87.9 Å². The fourth-order valence-electron chi connectivity index (χ4n) is 1.97. The number of hydrogen-bond acceptors (Lipinski definition) is 5. The minimum Gasteiger partial charge on any atom is -0.423 e. The number of nitrogen functional groups attached to an aromatic ring is 1. The molecule has 5 heteroatoms. The Morgan fingerprint density at radius 1 is 1.25 bits per heavy atom. The fourth-order valence-corrected chi connectivity index (χ4v) is 1.97. The minimum absolute atomic E-state index is 0.417. The fraction of sp³-hybridized carbons (Fsp3) is 0.0667. The standard InChI is InChI=1S/C15H12N4O/c16-8-10-3-1-4-11(7-10)9-18-15-19-14-12(17)5-2-6-13(14)20-15/h1-7H,9,17H2,(H,18,19). The highest BCUT2D eigenvalue weighted by atomic mass is 16.4. The first-order chi connectivity index (χ1) is 9.76. The maximum absolute atomic E-state index is 8.86. The van der Waals surface area contributed by atoms with E-state index in [2.05, 4.69) is 16.4 Å². The second-order valence-corrected chi connectivity index (χ2v) is 4.38. The summed E-state index contributed by atoms with van der Waals surface area (Å²) in [6, 6.07) is 15.3. The average molecular weight is 264 g/mol. The number of nitrogens with one attached hydrogen (secondary N) is 1. The Balaban J connectivity index is 1.80. The lowest BCUT2D eigenvalue weighted by Gasteiger charge is -2.01. The van der Waals surface area contributed by atoms with Crippen LogP contribution in [0.5, 0.6) is 0 Å². The van der Waals surface area contributed by atoms with E-state index in [9.17, 15) is 0 Å². The van der Waals surface area contributed by atoms with E-state index in [0.29, 0.717) is 34.9 Å². The Bertz CT molecular complexity index is 801. The Hall–Kier alpha value is -3.00. The predicted octanol–water partition coefficient (Wildman–Crippen LogP) is 2.89. The molecular weight excluding hydrogens is 252 g/mol. The van der Waals surface area contributed by atoms with Crippen molar-refractivity contribution in [2.24, 2.45) is 0 Å². The first-order valence-corrected chi connectivity index (χ1v) is 6.14. The molecular formula is C15H12N4O. The second-order valence-electron chi connectivity index (χ2n) is 4.38. The molecule has 1 heterocycles. The number of hydrogen-bond donors (Lipinski definition) is 2. The van der Waals surface area contributed by atoms with Crippen molar-refractivity contribution in [2.75, 3.05) is 11.1 Å². The molecule has 98 valence electrons. The van der Waals surface area contributed by atoms with Gasteiger partial charge in [0.05, 0.1) is 17.3 Å². The largest absolute Gasteiger partial charge is 0.423 e. The molecule has 0 amide bonds. The number of rotatable bonds is 3. The molecule has 0 aliphatic heterocycles. The third-order valence-electron chi connectivity index (χ3n) is 2.95.